The van der Waals surface area contributed by atoms with E-state index in [1.54, 1.807) is 0 Å². The minimum Gasteiger partial charge on any atom is -0.336 e. The Morgan fingerprint density at radius 2 is 1.85 bits per heavy atom. The van der Waals surface area contributed by atoms with Gasteiger partial charge in [-0.1, -0.05) is 24.6 Å². The molecule has 0 fully saturated rings. The van der Waals surface area contributed by atoms with Crippen LogP contribution in [0.5, 0.6) is 0 Å². The van der Waals surface area contributed by atoms with Crippen molar-refractivity contribution in [2.75, 3.05) is 17.3 Å². The average Bonchev–Trinajstić information content (AvgIpc) is 2.61. The third-order valence-electron chi connectivity index (χ3n) is 3.99. The Morgan fingerprint density at radius 3 is 2.37 bits per heavy atom. The molecule has 1 N–H and O–H groups in total. The molecule has 0 saturated heterocycles. The van der Waals surface area contributed by atoms with Crippen LogP contribution in [0.1, 0.15) is 36.5 Å². The van der Waals surface area contributed by atoms with Crippen LogP contribution in [0.4, 0.5) is 24.7 Å². The van der Waals surface area contributed by atoms with Crippen molar-refractivity contribution in [3.63, 3.8) is 0 Å². The van der Waals surface area contributed by atoms with Crippen molar-refractivity contribution in [3.05, 3.63) is 47.4 Å². The summed E-state index contributed by atoms with van der Waals surface area (Å²) in [5.41, 5.74) is 2.87. The highest BCUT2D eigenvalue weighted by Gasteiger charge is 2.27. The van der Waals surface area contributed by atoms with Crippen LogP contribution in [0.2, 0.25) is 0 Å². The molecule has 0 atom stereocenters. The Labute approximate surface area is 155 Å². The molecule has 1 heterocycles. The predicted molar refractivity (Wildman–Crippen MR) is 99.7 cm³/mol. The largest absolute Gasteiger partial charge is 0.482 e. The number of benzene rings is 1. The number of anilines is 2. The lowest BCUT2D eigenvalue weighted by Crippen LogP contribution is -2.20. The lowest BCUT2D eigenvalue weighted by atomic mass is 10.1. The number of rotatable bonds is 6. The van der Waals surface area contributed by atoms with Crippen molar-refractivity contribution in [2.24, 2.45) is 0 Å². The quantitative estimate of drug-likeness (QED) is 0.570. The lowest BCUT2D eigenvalue weighted by molar-refractivity contribution is -0.0999. The molecule has 2 rings (SSSR count). The highest BCUT2D eigenvalue weighted by molar-refractivity contribution is 5.76. The molecule has 0 saturated carbocycles. The SMILES string of the molecule is CC/C(C)=C/N(C)c1nc(C=O)nc(-c2ccc(NC(F)(F)F)cc2)c1C. The van der Waals surface area contributed by atoms with E-state index in [1.165, 1.54) is 29.6 Å². The maximum absolute atomic E-state index is 12.4. The molecule has 0 bridgehead atoms. The summed E-state index contributed by atoms with van der Waals surface area (Å²) in [6, 6.07) is 5.68. The second-order valence-electron chi connectivity index (χ2n) is 6.14. The van der Waals surface area contributed by atoms with Crippen LogP contribution in [-0.4, -0.2) is 29.6 Å². The Balaban J connectivity index is 2.47. The maximum atomic E-state index is 12.4. The van der Waals surface area contributed by atoms with Crippen molar-refractivity contribution < 1.29 is 18.0 Å². The first kappa shape index (κ1) is 20.4. The molecule has 2 aromatic rings. The number of hydrogen-bond donors (Lipinski definition) is 1. The Morgan fingerprint density at radius 1 is 1.22 bits per heavy atom. The normalized spacial score (nSPS) is 12.0. The third kappa shape index (κ3) is 5.29. The summed E-state index contributed by atoms with van der Waals surface area (Å²) < 4.78 is 37.3. The Bertz CT molecular complexity index is 845. The summed E-state index contributed by atoms with van der Waals surface area (Å²) >= 11 is 0. The summed E-state index contributed by atoms with van der Waals surface area (Å²) in [7, 11) is 1.82. The van der Waals surface area contributed by atoms with Gasteiger partial charge in [0, 0.05) is 30.1 Å². The molecule has 144 valence electrons. The number of hydrogen-bond acceptors (Lipinski definition) is 5. The average molecular weight is 378 g/mol. The van der Waals surface area contributed by atoms with E-state index < -0.39 is 6.30 Å². The van der Waals surface area contributed by atoms with Gasteiger partial charge in [0.05, 0.1) is 5.69 Å². The number of aromatic nitrogens is 2. The van der Waals surface area contributed by atoms with Gasteiger partial charge in [-0.15, -0.1) is 0 Å². The fourth-order valence-electron chi connectivity index (χ4n) is 2.56. The number of carbonyl (C=O) groups is 1. The first-order valence-electron chi connectivity index (χ1n) is 8.34. The molecule has 1 aromatic carbocycles. The van der Waals surface area contributed by atoms with Crippen molar-refractivity contribution in [2.45, 2.75) is 33.5 Å². The minimum absolute atomic E-state index is 0.0116. The zero-order chi connectivity index (χ0) is 20.2. The molecule has 0 amide bonds. The second-order valence-corrected chi connectivity index (χ2v) is 6.14. The standard InChI is InChI=1S/C19H21F3N4O/c1-5-12(2)10-26(4)18-13(3)17(23-16(11-27)24-18)14-6-8-15(9-7-14)25-19(20,21)22/h6-11,25H,5H2,1-4H3/b12-10+. The Kier molecular flexibility index (Phi) is 6.20. The molecule has 8 heteroatoms. The van der Waals surface area contributed by atoms with E-state index in [1.807, 2.05) is 38.9 Å². The monoisotopic (exact) mass is 378 g/mol. The molecule has 27 heavy (non-hydrogen) atoms. The molecule has 0 unspecified atom stereocenters. The predicted octanol–water partition coefficient (Wildman–Crippen LogP) is 4.95. The molecule has 0 radical (unpaired) electrons. The number of halogens is 3. The van der Waals surface area contributed by atoms with Gasteiger partial charge in [0.1, 0.15) is 5.82 Å². The van der Waals surface area contributed by atoms with Crippen molar-refractivity contribution >= 4 is 17.8 Å². The highest BCUT2D eigenvalue weighted by Crippen LogP contribution is 2.29. The van der Waals surface area contributed by atoms with E-state index in [2.05, 4.69) is 9.97 Å². The van der Waals surface area contributed by atoms with Crippen LogP contribution in [0, 0.1) is 6.92 Å². The fraction of sp³-hybridized carbons (Fsp3) is 0.316. The van der Waals surface area contributed by atoms with E-state index in [0.717, 1.165) is 17.6 Å². The summed E-state index contributed by atoms with van der Waals surface area (Å²) in [6.45, 7) is 5.83. The number of alkyl halides is 3. The fourth-order valence-corrected chi connectivity index (χ4v) is 2.56. The summed E-state index contributed by atoms with van der Waals surface area (Å²) in [5, 5.41) is 1.45. The number of carbonyl (C=O) groups excluding carboxylic acids is 1. The number of aldehydes is 1. The van der Waals surface area contributed by atoms with E-state index in [4.69, 9.17) is 0 Å². The summed E-state index contributed by atoms with van der Waals surface area (Å²) in [5.74, 6) is 0.574. The maximum Gasteiger partial charge on any atom is 0.482 e. The Hall–Kier alpha value is -2.90. The van der Waals surface area contributed by atoms with Crippen LogP contribution < -0.4 is 10.2 Å². The lowest BCUT2D eigenvalue weighted by Gasteiger charge is -2.19. The van der Waals surface area contributed by atoms with Crippen LogP contribution in [-0.2, 0) is 0 Å². The second kappa shape index (κ2) is 8.20. The van der Waals surface area contributed by atoms with Crippen LogP contribution in [0.3, 0.4) is 0 Å². The smallest absolute Gasteiger partial charge is 0.336 e. The van der Waals surface area contributed by atoms with Crippen molar-refractivity contribution in [1.82, 2.24) is 9.97 Å². The molecule has 1 aromatic heterocycles. The first-order chi connectivity index (χ1) is 12.6. The van der Waals surface area contributed by atoms with E-state index in [9.17, 15) is 18.0 Å². The van der Waals surface area contributed by atoms with Gasteiger partial charge in [-0.3, -0.25) is 10.1 Å². The first-order valence-corrected chi connectivity index (χ1v) is 8.34. The van der Waals surface area contributed by atoms with Crippen LogP contribution in [0.25, 0.3) is 11.3 Å². The van der Waals surface area contributed by atoms with Gasteiger partial charge in [0.2, 0.25) is 0 Å². The van der Waals surface area contributed by atoms with Gasteiger partial charge in [0.15, 0.2) is 12.1 Å². The topological polar surface area (TPSA) is 58.1 Å². The van der Waals surface area contributed by atoms with Crippen molar-refractivity contribution in [1.29, 1.82) is 0 Å². The number of nitrogens with zero attached hydrogens (tertiary/aromatic N) is 3. The zero-order valence-electron chi connectivity index (χ0n) is 15.6. The number of allylic oxidation sites excluding steroid dienone is 1. The summed E-state index contributed by atoms with van der Waals surface area (Å²) in [6.07, 6.45) is -1.16. The van der Waals surface area contributed by atoms with Crippen LogP contribution >= 0.6 is 0 Å². The van der Waals surface area contributed by atoms with Gasteiger partial charge in [-0.2, -0.15) is 13.2 Å². The summed E-state index contributed by atoms with van der Waals surface area (Å²) in [4.78, 5) is 21.6. The van der Waals surface area contributed by atoms with Gasteiger partial charge >= 0.3 is 6.30 Å². The molecule has 5 nitrogen and oxygen atoms in total. The number of nitrogens with one attached hydrogen (secondary N) is 1. The van der Waals surface area contributed by atoms with Gasteiger partial charge < -0.3 is 4.90 Å². The van der Waals surface area contributed by atoms with E-state index in [0.29, 0.717) is 23.4 Å². The molecular weight excluding hydrogens is 357 g/mol. The van der Waals surface area contributed by atoms with Crippen molar-refractivity contribution in [3.8, 4) is 11.3 Å². The molecule has 0 aliphatic rings. The van der Waals surface area contributed by atoms with Gasteiger partial charge in [0.25, 0.3) is 0 Å². The van der Waals surface area contributed by atoms with E-state index in [-0.39, 0.29) is 11.5 Å². The zero-order valence-corrected chi connectivity index (χ0v) is 15.6. The molecule has 0 aliphatic carbocycles. The van der Waals surface area contributed by atoms with E-state index >= 15 is 0 Å². The molecule has 0 spiro atoms. The highest BCUT2D eigenvalue weighted by atomic mass is 19.4. The third-order valence-corrected chi connectivity index (χ3v) is 3.99. The van der Waals surface area contributed by atoms with Crippen LogP contribution in [0.15, 0.2) is 36.0 Å². The van der Waals surface area contributed by atoms with Gasteiger partial charge in [-0.05, 0) is 32.4 Å². The molecule has 0 aliphatic heterocycles. The molecular formula is C19H21F3N4O. The minimum atomic E-state index is -4.50. The van der Waals surface area contributed by atoms with Gasteiger partial charge in [-0.25, -0.2) is 9.97 Å².